The van der Waals surface area contributed by atoms with E-state index in [9.17, 15) is 4.79 Å². The molecule has 0 saturated heterocycles. The number of hydrogen-bond acceptors (Lipinski definition) is 1. The number of ketones is 1. The van der Waals surface area contributed by atoms with E-state index in [1.165, 1.54) is 23.1 Å². The normalized spacial score (nSPS) is 32.6. The van der Waals surface area contributed by atoms with Gasteiger partial charge >= 0.3 is 0 Å². The molecule has 90 valence electrons. The molecule has 0 spiro atoms. The lowest BCUT2D eigenvalue weighted by atomic mass is 9.66. The predicted molar refractivity (Wildman–Crippen MR) is 72.0 cm³/mol. The minimum atomic E-state index is 0.240. The molecule has 3 atom stereocenters. The van der Waals surface area contributed by atoms with Crippen LogP contribution in [0.15, 0.2) is 42.5 Å². The minimum absolute atomic E-state index is 0.240. The Morgan fingerprint density at radius 1 is 1.11 bits per heavy atom. The third-order valence-electron chi connectivity index (χ3n) is 4.82. The second-order valence-electron chi connectivity index (χ2n) is 5.64. The van der Waals surface area contributed by atoms with E-state index in [0.717, 1.165) is 12.8 Å². The zero-order valence-corrected chi connectivity index (χ0v) is 10.3. The van der Waals surface area contributed by atoms with Crippen molar-refractivity contribution in [2.75, 3.05) is 0 Å². The molecule has 18 heavy (non-hydrogen) atoms. The van der Waals surface area contributed by atoms with Crippen molar-refractivity contribution in [3.05, 3.63) is 53.6 Å². The van der Waals surface area contributed by atoms with Gasteiger partial charge < -0.3 is 0 Å². The molecule has 1 nitrogen and oxygen atoms in total. The quantitative estimate of drug-likeness (QED) is 0.674. The average molecular weight is 236 g/mol. The first-order chi connectivity index (χ1) is 8.84. The van der Waals surface area contributed by atoms with E-state index in [4.69, 9.17) is 0 Å². The topological polar surface area (TPSA) is 17.1 Å². The van der Waals surface area contributed by atoms with E-state index in [2.05, 4.69) is 36.4 Å². The van der Waals surface area contributed by atoms with Crippen molar-refractivity contribution < 1.29 is 4.79 Å². The largest absolute Gasteiger partial charge is 0.295 e. The van der Waals surface area contributed by atoms with Crippen LogP contribution in [0.5, 0.6) is 0 Å². The van der Waals surface area contributed by atoms with Crippen molar-refractivity contribution >= 4 is 11.4 Å². The standard InChI is InChI=1S/C17H16O/c18-17-10-9-15-14-6-5-11-3-1-2-4-12(11)13(14)7-8-16(15)17/h1-4,7,9-10,14-16H,5-6,8H2/t14-,15-,16+/m1/s1. The first-order valence-electron chi connectivity index (χ1n) is 6.85. The summed E-state index contributed by atoms with van der Waals surface area (Å²) >= 11 is 0. The van der Waals surface area contributed by atoms with Gasteiger partial charge in [0, 0.05) is 5.92 Å². The van der Waals surface area contributed by atoms with Crippen LogP contribution in [0.3, 0.4) is 0 Å². The summed E-state index contributed by atoms with van der Waals surface area (Å²) in [6.45, 7) is 0. The number of carbonyl (C=O) groups is 1. The monoisotopic (exact) mass is 236 g/mol. The lowest BCUT2D eigenvalue weighted by Gasteiger charge is -2.37. The number of rotatable bonds is 0. The maximum atomic E-state index is 11.8. The van der Waals surface area contributed by atoms with Crippen LogP contribution in [0.1, 0.15) is 24.0 Å². The molecule has 0 aliphatic heterocycles. The molecular weight excluding hydrogens is 220 g/mol. The fraction of sp³-hybridized carbons (Fsp3) is 0.353. The van der Waals surface area contributed by atoms with Crippen LogP contribution >= 0.6 is 0 Å². The van der Waals surface area contributed by atoms with Gasteiger partial charge in [-0.05, 0) is 53.9 Å². The Kier molecular flexibility index (Phi) is 2.11. The fourth-order valence-corrected chi connectivity index (χ4v) is 3.94. The molecule has 0 amide bonds. The van der Waals surface area contributed by atoms with Crippen molar-refractivity contribution in [2.45, 2.75) is 19.3 Å². The highest BCUT2D eigenvalue weighted by Gasteiger charge is 2.41. The Labute approximate surface area is 107 Å². The summed E-state index contributed by atoms with van der Waals surface area (Å²) in [5.74, 6) is 1.62. The first-order valence-corrected chi connectivity index (χ1v) is 6.85. The van der Waals surface area contributed by atoms with Gasteiger partial charge in [-0.25, -0.2) is 0 Å². The number of benzene rings is 1. The summed E-state index contributed by atoms with van der Waals surface area (Å²) in [5, 5.41) is 0. The predicted octanol–water partition coefficient (Wildman–Crippen LogP) is 3.41. The molecule has 0 fully saturated rings. The maximum absolute atomic E-state index is 11.8. The van der Waals surface area contributed by atoms with E-state index in [1.54, 1.807) is 0 Å². The van der Waals surface area contributed by atoms with Gasteiger partial charge in [0.25, 0.3) is 0 Å². The molecule has 0 bridgehead atoms. The third kappa shape index (κ3) is 1.30. The second kappa shape index (κ2) is 3.68. The number of fused-ring (bicyclic) bond motifs is 5. The van der Waals surface area contributed by atoms with E-state index in [-0.39, 0.29) is 5.92 Å². The van der Waals surface area contributed by atoms with Crippen LogP contribution in [0, 0.1) is 17.8 Å². The van der Waals surface area contributed by atoms with E-state index in [1.807, 2.05) is 6.08 Å². The lowest BCUT2D eigenvalue weighted by Crippen LogP contribution is -2.30. The molecule has 1 aromatic rings. The Morgan fingerprint density at radius 3 is 2.94 bits per heavy atom. The SMILES string of the molecule is O=C1C=C[C@H]2[C@@H]1CC=C1c3ccccc3CC[C@H]12. The summed E-state index contributed by atoms with van der Waals surface area (Å²) in [7, 11) is 0. The fourth-order valence-electron chi connectivity index (χ4n) is 3.94. The van der Waals surface area contributed by atoms with E-state index in [0.29, 0.717) is 17.6 Å². The molecule has 0 aromatic heterocycles. The van der Waals surface area contributed by atoms with E-state index >= 15 is 0 Å². The van der Waals surface area contributed by atoms with Crippen molar-refractivity contribution in [2.24, 2.45) is 17.8 Å². The van der Waals surface area contributed by atoms with Crippen LogP contribution < -0.4 is 0 Å². The van der Waals surface area contributed by atoms with E-state index < -0.39 is 0 Å². The molecular formula is C17H16O. The van der Waals surface area contributed by atoms with Crippen LogP contribution in [-0.4, -0.2) is 5.78 Å². The molecule has 1 aromatic carbocycles. The van der Waals surface area contributed by atoms with Gasteiger partial charge in [0.2, 0.25) is 0 Å². The number of aryl methyl sites for hydroxylation is 1. The van der Waals surface area contributed by atoms with Gasteiger partial charge in [-0.15, -0.1) is 0 Å². The minimum Gasteiger partial charge on any atom is -0.295 e. The average Bonchev–Trinajstić information content (AvgIpc) is 2.80. The summed E-state index contributed by atoms with van der Waals surface area (Å²) in [4.78, 5) is 11.8. The van der Waals surface area contributed by atoms with Gasteiger partial charge in [0.05, 0.1) is 0 Å². The molecule has 3 aliphatic rings. The van der Waals surface area contributed by atoms with Crippen LogP contribution in [0.25, 0.3) is 5.57 Å². The molecule has 0 saturated carbocycles. The third-order valence-corrected chi connectivity index (χ3v) is 4.82. The molecule has 0 unspecified atom stereocenters. The Bertz CT molecular complexity index is 579. The van der Waals surface area contributed by atoms with Crippen molar-refractivity contribution in [1.82, 2.24) is 0 Å². The smallest absolute Gasteiger partial charge is 0.159 e. The van der Waals surface area contributed by atoms with Gasteiger partial charge in [-0.3, -0.25) is 4.79 Å². The molecule has 0 heterocycles. The first kappa shape index (κ1) is 10.3. The highest BCUT2D eigenvalue weighted by atomic mass is 16.1. The number of allylic oxidation sites excluding steroid dienone is 4. The highest BCUT2D eigenvalue weighted by molar-refractivity contribution is 5.96. The van der Waals surface area contributed by atoms with Crippen molar-refractivity contribution in [3.63, 3.8) is 0 Å². The molecule has 0 radical (unpaired) electrons. The Hall–Kier alpha value is -1.63. The molecule has 1 heteroatoms. The Morgan fingerprint density at radius 2 is 2.00 bits per heavy atom. The molecule has 4 rings (SSSR count). The Balaban J connectivity index is 1.81. The van der Waals surface area contributed by atoms with Crippen LogP contribution in [0.2, 0.25) is 0 Å². The summed E-state index contributed by atoms with van der Waals surface area (Å²) in [6, 6.07) is 8.75. The summed E-state index contributed by atoms with van der Waals surface area (Å²) in [5.41, 5.74) is 4.41. The lowest BCUT2D eigenvalue weighted by molar-refractivity contribution is -0.118. The van der Waals surface area contributed by atoms with Gasteiger partial charge in [-0.2, -0.15) is 0 Å². The van der Waals surface area contributed by atoms with Gasteiger partial charge in [0.15, 0.2) is 5.78 Å². The second-order valence-corrected chi connectivity index (χ2v) is 5.64. The molecule has 3 aliphatic carbocycles. The zero-order chi connectivity index (χ0) is 12.1. The van der Waals surface area contributed by atoms with Gasteiger partial charge in [-0.1, -0.05) is 36.4 Å². The van der Waals surface area contributed by atoms with Crippen molar-refractivity contribution in [3.8, 4) is 0 Å². The van der Waals surface area contributed by atoms with Crippen LogP contribution in [0.4, 0.5) is 0 Å². The summed E-state index contributed by atoms with van der Waals surface area (Å²) < 4.78 is 0. The van der Waals surface area contributed by atoms with Gasteiger partial charge in [0.1, 0.15) is 0 Å². The summed E-state index contributed by atoms with van der Waals surface area (Å²) in [6.07, 6.45) is 9.59. The maximum Gasteiger partial charge on any atom is 0.159 e. The van der Waals surface area contributed by atoms with Crippen LogP contribution in [-0.2, 0) is 11.2 Å². The van der Waals surface area contributed by atoms with Crippen molar-refractivity contribution in [1.29, 1.82) is 0 Å². The number of carbonyl (C=O) groups excluding carboxylic acids is 1. The highest BCUT2D eigenvalue weighted by Crippen LogP contribution is 2.48. The number of hydrogen-bond donors (Lipinski definition) is 0. The molecule has 0 N–H and O–H groups in total. The zero-order valence-electron chi connectivity index (χ0n) is 10.3.